The lowest BCUT2D eigenvalue weighted by Crippen LogP contribution is -2.37. The number of amides is 1. The maximum Gasteiger partial charge on any atom is 0.308 e. The Morgan fingerprint density at radius 2 is 1.89 bits per heavy atom. The Hall–Kier alpha value is -2.66. The van der Waals surface area contributed by atoms with Crippen LogP contribution in [0.1, 0.15) is 34.3 Å². The Kier molecular flexibility index (Phi) is 4.70. The fourth-order valence-electron chi connectivity index (χ4n) is 4.20. The van der Waals surface area contributed by atoms with Gasteiger partial charge in [0.25, 0.3) is 5.91 Å². The molecule has 0 radical (unpaired) electrons. The molecule has 0 aliphatic carbocycles. The van der Waals surface area contributed by atoms with E-state index in [1.807, 2.05) is 49.4 Å². The molecule has 5 nitrogen and oxygen atoms in total. The van der Waals surface area contributed by atoms with Gasteiger partial charge in [-0.3, -0.25) is 9.59 Å². The molecule has 2 aliphatic rings. The second-order valence-corrected chi connectivity index (χ2v) is 7.41. The van der Waals surface area contributed by atoms with E-state index in [1.54, 1.807) is 4.90 Å². The van der Waals surface area contributed by atoms with E-state index in [0.29, 0.717) is 13.2 Å². The zero-order valence-corrected chi connectivity index (χ0v) is 15.3. The standard InChI is InChI=1S/C22H23NO4/c1-14-7-8-16-9-10-27-20(17(16)11-14)21(24)23-12-18(19(13-23)22(25)26)15-5-3-2-4-6-15/h2-8,11,18-20H,9-10,12-13H2,1H3,(H,25,26)/t18-,19-,20?/m0/s1. The highest BCUT2D eigenvalue weighted by atomic mass is 16.5. The van der Waals surface area contributed by atoms with Crippen LogP contribution in [-0.2, 0) is 20.7 Å². The lowest BCUT2D eigenvalue weighted by Gasteiger charge is -2.29. The minimum atomic E-state index is -0.861. The zero-order chi connectivity index (χ0) is 19.0. The monoisotopic (exact) mass is 365 g/mol. The lowest BCUT2D eigenvalue weighted by atomic mass is 9.89. The van der Waals surface area contributed by atoms with Gasteiger partial charge in [-0.15, -0.1) is 0 Å². The van der Waals surface area contributed by atoms with Crippen LogP contribution in [0.25, 0.3) is 0 Å². The van der Waals surface area contributed by atoms with Gasteiger partial charge < -0.3 is 14.7 Å². The van der Waals surface area contributed by atoms with Gasteiger partial charge in [0.05, 0.1) is 12.5 Å². The number of benzene rings is 2. The third-order valence-corrected chi connectivity index (χ3v) is 5.64. The van der Waals surface area contributed by atoms with Crippen LogP contribution in [0.3, 0.4) is 0 Å². The predicted octanol–water partition coefficient (Wildman–Crippen LogP) is 2.94. The topological polar surface area (TPSA) is 66.8 Å². The number of hydrogen-bond donors (Lipinski definition) is 1. The Labute approximate surface area is 158 Å². The van der Waals surface area contributed by atoms with Crippen LogP contribution in [-0.4, -0.2) is 41.6 Å². The number of hydrogen-bond acceptors (Lipinski definition) is 3. The van der Waals surface area contributed by atoms with Crippen LogP contribution in [0, 0.1) is 12.8 Å². The first-order valence-electron chi connectivity index (χ1n) is 9.32. The van der Waals surface area contributed by atoms with Gasteiger partial charge >= 0.3 is 5.97 Å². The number of fused-ring (bicyclic) bond motifs is 1. The van der Waals surface area contributed by atoms with Crippen LogP contribution < -0.4 is 0 Å². The van der Waals surface area contributed by atoms with Crippen LogP contribution in [0.4, 0.5) is 0 Å². The van der Waals surface area contributed by atoms with E-state index in [2.05, 4.69) is 6.07 Å². The molecule has 2 heterocycles. The first-order chi connectivity index (χ1) is 13.0. The number of carbonyl (C=O) groups excluding carboxylic acids is 1. The molecule has 5 heteroatoms. The van der Waals surface area contributed by atoms with Crippen LogP contribution in [0.15, 0.2) is 48.5 Å². The minimum absolute atomic E-state index is 0.133. The number of aryl methyl sites for hydroxylation is 1. The normalized spacial score (nSPS) is 24.5. The van der Waals surface area contributed by atoms with Crippen molar-refractivity contribution in [2.45, 2.75) is 25.4 Å². The molecule has 1 N–H and O–H groups in total. The lowest BCUT2D eigenvalue weighted by molar-refractivity contribution is -0.145. The number of aliphatic carboxylic acids is 1. The van der Waals surface area contributed by atoms with E-state index in [-0.39, 0.29) is 18.4 Å². The fourth-order valence-corrected chi connectivity index (χ4v) is 4.20. The van der Waals surface area contributed by atoms with Crippen molar-refractivity contribution in [2.75, 3.05) is 19.7 Å². The molecule has 0 saturated carbocycles. The maximum absolute atomic E-state index is 13.2. The molecule has 1 amide bonds. The summed E-state index contributed by atoms with van der Waals surface area (Å²) in [5.74, 6) is -1.80. The summed E-state index contributed by atoms with van der Waals surface area (Å²) in [6.45, 7) is 3.12. The second kappa shape index (κ2) is 7.16. The number of ether oxygens (including phenoxy) is 1. The van der Waals surface area contributed by atoms with Crippen LogP contribution >= 0.6 is 0 Å². The fraction of sp³-hybridized carbons (Fsp3) is 0.364. The molecular weight excluding hydrogens is 342 g/mol. The SMILES string of the molecule is Cc1ccc2c(c1)C(C(=O)N1C[C@H](C(=O)O)[C@H](c3ccccc3)C1)OCC2. The highest BCUT2D eigenvalue weighted by Crippen LogP contribution is 2.36. The Balaban J connectivity index is 1.60. The summed E-state index contributed by atoms with van der Waals surface area (Å²) < 4.78 is 5.83. The zero-order valence-electron chi connectivity index (χ0n) is 15.3. The van der Waals surface area contributed by atoms with Crippen molar-refractivity contribution in [2.24, 2.45) is 5.92 Å². The van der Waals surface area contributed by atoms with Gasteiger partial charge in [0.15, 0.2) is 6.10 Å². The van der Waals surface area contributed by atoms with Crippen molar-refractivity contribution in [3.8, 4) is 0 Å². The maximum atomic E-state index is 13.2. The molecule has 0 spiro atoms. The first kappa shape index (κ1) is 17.7. The van der Waals surface area contributed by atoms with Crippen LogP contribution in [0.2, 0.25) is 0 Å². The molecule has 27 heavy (non-hydrogen) atoms. The Morgan fingerprint density at radius 3 is 2.63 bits per heavy atom. The molecule has 1 saturated heterocycles. The summed E-state index contributed by atoms with van der Waals surface area (Å²) in [5, 5.41) is 9.68. The van der Waals surface area contributed by atoms with Gasteiger partial charge in [-0.1, -0.05) is 54.1 Å². The highest BCUT2D eigenvalue weighted by molar-refractivity contribution is 5.85. The molecule has 0 bridgehead atoms. The van der Waals surface area contributed by atoms with Crippen LogP contribution in [0.5, 0.6) is 0 Å². The minimum Gasteiger partial charge on any atom is -0.481 e. The van der Waals surface area contributed by atoms with Gasteiger partial charge in [0.2, 0.25) is 0 Å². The molecule has 2 aromatic carbocycles. The molecule has 1 fully saturated rings. The van der Waals surface area contributed by atoms with Gasteiger partial charge in [-0.25, -0.2) is 0 Å². The average molecular weight is 365 g/mol. The van der Waals surface area contributed by atoms with E-state index in [9.17, 15) is 14.7 Å². The number of carbonyl (C=O) groups is 2. The molecule has 0 aromatic heterocycles. The molecule has 4 rings (SSSR count). The summed E-state index contributed by atoms with van der Waals surface area (Å²) in [4.78, 5) is 26.7. The molecular formula is C22H23NO4. The summed E-state index contributed by atoms with van der Waals surface area (Å²) >= 11 is 0. The molecule has 3 atom stereocenters. The molecule has 140 valence electrons. The average Bonchev–Trinajstić information content (AvgIpc) is 3.13. The third kappa shape index (κ3) is 3.35. The van der Waals surface area contributed by atoms with Gasteiger partial charge in [0.1, 0.15) is 0 Å². The van der Waals surface area contributed by atoms with Crippen molar-refractivity contribution in [3.05, 3.63) is 70.8 Å². The number of carboxylic acid groups (broad SMARTS) is 1. The van der Waals surface area contributed by atoms with E-state index < -0.39 is 18.0 Å². The third-order valence-electron chi connectivity index (χ3n) is 5.64. The van der Waals surface area contributed by atoms with Crippen molar-refractivity contribution in [3.63, 3.8) is 0 Å². The van der Waals surface area contributed by atoms with E-state index in [0.717, 1.165) is 28.7 Å². The quantitative estimate of drug-likeness (QED) is 0.908. The first-order valence-corrected chi connectivity index (χ1v) is 9.32. The Morgan fingerprint density at radius 1 is 1.11 bits per heavy atom. The van der Waals surface area contributed by atoms with E-state index >= 15 is 0 Å². The largest absolute Gasteiger partial charge is 0.481 e. The van der Waals surface area contributed by atoms with E-state index in [1.165, 1.54) is 0 Å². The number of nitrogens with zero attached hydrogens (tertiary/aromatic N) is 1. The van der Waals surface area contributed by atoms with Crippen molar-refractivity contribution < 1.29 is 19.4 Å². The molecule has 1 unspecified atom stereocenters. The highest BCUT2D eigenvalue weighted by Gasteiger charge is 2.43. The van der Waals surface area contributed by atoms with Crippen molar-refractivity contribution in [1.29, 1.82) is 0 Å². The summed E-state index contributed by atoms with van der Waals surface area (Å²) in [6.07, 6.45) is 0.154. The van der Waals surface area contributed by atoms with Crippen molar-refractivity contribution >= 4 is 11.9 Å². The van der Waals surface area contributed by atoms with E-state index in [4.69, 9.17) is 4.74 Å². The van der Waals surface area contributed by atoms with Gasteiger partial charge in [0, 0.05) is 19.0 Å². The summed E-state index contributed by atoms with van der Waals surface area (Å²) in [6, 6.07) is 15.7. The summed E-state index contributed by atoms with van der Waals surface area (Å²) in [5.41, 5.74) is 4.10. The Bertz CT molecular complexity index is 864. The smallest absolute Gasteiger partial charge is 0.308 e. The molecule has 2 aliphatic heterocycles. The number of likely N-dealkylation sites (tertiary alicyclic amines) is 1. The molecule has 2 aromatic rings. The predicted molar refractivity (Wildman–Crippen MR) is 100 cm³/mol. The van der Waals surface area contributed by atoms with Gasteiger partial charge in [-0.05, 0) is 30.0 Å². The number of carboxylic acids is 1. The number of rotatable bonds is 3. The summed E-state index contributed by atoms with van der Waals surface area (Å²) in [7, 11) is 0. The second-order valence-electron chi connectivity index (χ2n) is 7.41. The van der Waals surface area contributed by atoms with Crippen molar-refractivity contribution in [1.82, 2.24) is 4.90 Å². The van der Waals surface area contributed by atoms with Gasteiger partial charge in [-0.2, -0.15) is 0 Å².